The normalized spacial score (nSPS) is 12.7. The molecule has 0 radical (unpaired) electrons. The maximum Gasteiger partial charge on any atom is 0.141 e. The highest BCUT2D eigenvalue weighted by Crippen LogP contribution is 2.18. The molecule has 1 rings (SSSR count). The molecule has 1 atom stereocenters. The van der Waals surface area contributed by atoms with E-state index in [1.165, 1.54) is 12.6 Å². The first-order chi connectivity index (χ1) is 7.27. The molecule has 4 heteroatoms. The van der Waals surface area contributed by atoms with Gasteiger partial charge in [-0.1, -0.05) is 6.92 Å². The summed E-state index contributed by atoms with van der Waals surface area (Å²) in [5.41, 5.74) is 0.918. The Bertz CT molecular complexity index is 294. The van der Waals surface area contributed by atoms with Crippen LogP contribution in [0.2, 0.25) is 0 Å². The van der Waals surface area contributed by atoms with Crippen molar-refractivity contribution in [2.75, 3.05) is 18.6 Å². The van der Waals surface area contributed by atoms with Crippen molar-refractivity contribution in [2.24, 2.45) is 0 Å². The molecule has 1 heterocycles. The molecule has 0 spiro atoms. The number of halogens is 1. The lowest BCUT2D eigenvalue weighted by atomic mass is 10.1. The fourth-order valence-electron chi connectivity index (χ4n) is 1.31. The van der Waals surface area contributed by atoms with Crippen molar-refractivity contribution in [3.63, 3.8) is 0 Å². The van der Waals surface area contributed by atoms with E-state index < -0.39 is 0 Å². The second kappa shape index (κ2) is 6.80. The van der Waals surface area contributed by atoms with Crippen LogP contribution in [0.25, 0.3) is 0 Å². The van der Waals surface area contributed by atoms with Crippen molar-refractivity contribution < 1.29 is 4.39 Å². The Labute approximate surface area is 94.7 Å². The largest absolute Gasteiger partial charge is 0.312 e. The Morgan fingerprint density at radius 3 is 2.93 bits per heavy atom. The monoisotopic (exact) mass is 228 g/mol. The van der Waals surface area contributed by atoms with Crippen LogP contribution in [0.4, 0.5) is 4.39 Å². The Kier molecular flexibility index (Phi) is 5.65. The first-order valence-corrected chi connectivity index (χ1v) is 6.28. The third-order valence-corrected chi connectivity index (χ3v) is 3.38. The number of hydrogen-bond donors (Lipinski definition) is 1. The van der Waals surface area contributed by atoms with Crippen molar-refractivity contribution in [1.29, 1.82) is 0 Å². The molecule has 0 aliphatic heterocycles. The molecule has 15 heavy (non-hydrogen) atoms. The number of nitrogens with one attached hydrogen (secondary N) is 1. The summed E-state index contributed by atoms with van der Waals surface area (Å²) in [6.07, 6.45) is 4.12. The topological polar surface area (TPSA) is 24.9 Å². The number of nitrogens with zero attached hydrogens (tertiary/aromatic N) is 1. The van der Waals surface area contributed by atoms with Gasteiger partial charge in [0.1, 0.15) is 5.82 Å². The molecular weight excluding hydrogens is 211 g/mol. The minimum atomic E-state index is -0.270. The van der Waals surface area contributed by atoms with E-state index in [0.29, 0.717) is 0 Å². The van der Waals surface area contributed by atoms with E-state index in [1.807, 2.05) is 18.8 Å². The lowest BCUT2D eigenvalue weighted by Crippen LogP contribution is -2.19. The molecule has 0 bridgehead atoms. The van der Waals surface area contributed by atoms with Crippen LogP contribution < -0.4 is 5.32 Å². The van der Waals surface area contributed by atoms with E-state index in [-0.39, 0.29) is 11.9 Å². The van der Waals surface area contributed by atoms with E-state index in [2.05, 4.69) is 17.2 Å². The van der Waals surface area contributed by atoms with Crippen molar-refractivity contribution >= 4 is 11.8 Å². The molecule has 0 aliphatic carbocycles. The molecule has 0 saturated carbocycles. The molecule has 2 nitrogen and oxygen atoms in total. The zero-order chi connectivity index (χ0) is 11.1. The smallest absolute Gasteiger partial charge is 0.141 e. The van der Waals surface area contributed by atoms with Crippen molar-refractivity contribution in [3.05, 3.63) is 29.8 Å². The Hall–Kier alpha value is -0.610. The number of aromatic nitrogens is 1. The zero-order valence-corrected chi connectivity index (χ0v) is 9.98. The molecule has 1 aromatic heterocycles. The molecule has 0 aromatic carbocycles. The van der Waals surface area contributed by atoms with Gasteiger partial charge in [0.15, 0.2) is 0 Å². The van der Waals surface area contributed by atoms with Crippen LogP contribution in [-0.4, -0.2) is 23.5 Å². The second-order valence-corrected chi connectivity index (χ2v) is 4.50. The van der Waals surface area contributed by atoms with Crippen LogP contribution in [-0.2, 0) is 0 Å². The molecule has 0 amide bonds. The summed E-state index contributed by atoms with van der Waals surface area (Å²) in [6, 6.07) is 1.73. The molecule has 0 fully saturated rings. The molecular formula is C11H17FN2S. The standard InChI is InChI=1S/C11H17FN2S/c1-3-4-15-8-11(13-2)9-5-10(12)7-14-6-9/h5-7,11,13H,3-4,8H2,1-2H3. The van der Waals surface area contributed by atoms with Gasteiger partial charge in [-0.2, -0.15) is 11.8 Å². The predicted octanol–water partition coefficient (Wildman–Crippen LogP) is 2.62. The predicted molar refractivity (Wildman–Crippen MR) is 63.6 cm³/mol. The van der Waals surface area contributed by atoms with Gasteiger partial charge in [0.2, 0.25) is 0 Å². The van der Waals surface area contributed by atoms with Gasteiger partial charge in [0, 0.05) is 18.0 Å². The van der Waals surface area contributed by atoms with Gasteiger partial charge in [0.05, 0.1) is 6.20 Å². The summed E-state index contributed by atoms with van der Waals surface area (Å²) in [5, 5.41) is 3.18. The molecule has 0 saturated heterocycles. The first-order valence-electron chi connectivity index (χ1n) is 5.13. The van der Waals surface area contributed by atoms with Crippen molar-refractivity contribution in [3.8, 4) is 0 Å². The fraction of sp³-hybridized carbons (Fsp3) is 0.545. The van der Waals surface area contributed by atoms with Crippen LogP contribution in [0.1, 0.15) is 24.9 Å². The zero-order valence-electron chi connectivity index (χ0n) is 9.16. The van der Waals surface area contributed by atoms with Gasteiger partial charge in [0.25, 0.3) is 0 Å². The molecule has 0 aliphatic rings. The van der Waals surface area contributed by atoms with Gasteiger partial charge in [-0.05, 0) is 30.9 Å². The number of pyridine rings is 1. The number of rotatable bonds is 6. The van der Waals surface area contributed by atoms with Crippen LogP contribution in [0, 0.1) is 5.82 Å². The third-order valence-electron chi connectivity index (χ3n) is 2.11. The lowest BCUT2D eigenvalue weighted by molar-refractivity contribution is 0.603. The minimum Gasteiger partial charge on any atom is -0.312 e. The highest BCUT2D eigenvalue weighted by molar-refractivity contribution is 7.99. The van der Waals surface area contributed by atoms with Crippen molar-refractivity contribution in [1.82, 2.24) is 10.3 Å². The van der Waals surface area contributed by atoms with Gasteiger partial charge >= 0.3 is 0 Å². The lowest BCUT2D eigenvalue weighted by Gasteiger charge is -2.15. The molecule has 1 unspecified atom stereocenters. The summed E-state index contributed by atoms with van der Waals surface area (Å²) >= 11 is 1.87. The van der Waals surface area contributed by atoms with Crippen LogP contribution in [0.3, 0.4) is 0 Å². The summed E-state index contributed by atoms with van der Waals surface area (Å²) < 4.78 is 13.0. The van der Waals surface area contributed by atoms with E-state index in [9.17, 15) is 4.39 Å². The summed E-state index contributed by atoms with van der Waals surface area (Å²) in [5.74, 6) is 1.82. The highest BCUT2D eigenvalue weighted by Gasteiger charge is 2.09. The number of hydrogen-bond acceptors (Lipinski definition) is 3. The molecule has 84 valence electrons. The molecule has 1 aromatic rings. The van der Waals surface area contributed by atoms with E-state index in [1.54, 1.807) is 12.3 Å². The average Bonchev–Trinajstić information content (AvgIpc) is 2.24. The van der Waals surface area contributed by atoms with Gasteiger partial charge < -0.3 is 5.32 Å². The van der Waals surface area contributed by atoms with Crippen molar-refractivity contribution in [2.45, 2.75) is 19.4 Å². The Morgan fingerprint density at radius 2 is 2.33 bits per heavy atom. The quantitative estimate of drug-likeness (QED) is 0.758. The second-order valence-electron chi connectivity index (χ2n) is 3.35. The SMILES string of the molecule is CCCSCC(NC)c1cncc(F)c1. The minimum absolute atomic E-state index is 0.185. The van der Waals surface area contributed by atoms with E-state index >= 15 is 0 Å². The van der Waals surface area contributed by atoms with Crippen LogP contribution in [0.15, 0.2) is 18.5 Å². The third kappa shape index (κ3) is 4.18. The maximum atomic E-state index is 13.0. The Morgan fingerprint density at radius 1 is 1.53 bits per heavy atom. The van der Waals surface area contributed by atoms with E-state index in [0.717, 1.165) is 17.1 Å². The van der Waals surface area contributed by atoms with Crippen LogP contribution in [0.5, 0.6) is 0 Å². The number of thioether (sulfide) groups is 1. The first kappa shape index (κ1) is 12.5. The Balaban J connectivity index is 2.57. The average molecular weight is 228 g/mol. The fourth-order valence-corrected chi connectivity index (χ4v) is 2.36. The highest BCUT2D eigenvalue weighted by atomic mass is 32.2. The van der Waals surface area contributed by atoms with Gasteiger partial charge in [-0.15, -0.1) is 0 Å². The molecule has 1 N–H and O–H groups in total. The summed E-state index contributed by atoms with van der Waals surface area (Å²) in [4.78, 5) is 3.86. The van der Waals surface area contributed by atoms with Crippen LogP contribution >= 0.6 is 11.8 Å². The van der Waals surface area contributed by atoms with E-state index in [4.69, 9.17) is 0 Å². The maximum absolute atomic E-state index is 13.0. The van der Waals surface area contributed by atoms with Gasteiger partial charge in [-0.3, -0.25) is 4.98 Å². The summed E-state index contributed by atoms with van der Waals surface area (Å²) in [6.45, 7) is 2.16. The van der Waals surface area contributed by atoms with Gasteiger partial charge in [-0.25, -0.2) is 4.39 Å². The summed E-state index contributed by atoms with van der Waals surface area (Å²) in [7, 11) is 1.89.